The minimum absolute atomic E-state index is 0.245. The Morgan fingerprint density at radius 1 is 0.209 bits per heavy atom. The molecule has 0 aromatic heterocycles. The van der Waals surface area contributed by atoms with Gasteiger partial charge in [-0.25, -0.2) is 48.7 Å². The second-order valence-corrected chi connectivity index (χ2v) is 36.5. The van der Waals surface area contributed by atoms with Crippen molar-refractivity contribution in [3.63, 3.8) is 0 Å². The average Bonchev–Trinajstić information content (AvgIpc) is 0.719. The van der Waals surface area contributed by atoms with Crippen molar-refractivity contribution in [2.75, 3.05) is 19.6 Å². The summed E-state index contributed by atoms with van der Waals surface area (Å²) in [4.78, 5) is 11.5. The smallest absolute Gasteiger partial charge is 0.189 e. The maximum absolute atomic E-state index is 16.9. The monoisotopic (exact) mass is 1940 g/mol. The third-order valence-corrected chi connectivity index (χ3v) is 27.7. The van der Waals surface area contributed by atoms with Gasteiger partial charge in [0, 0.05) is 100 Å². The van der Waals surface area contributed by atoms with Crippen LogP contribution in [0.3, 0.4) is 0 Å². The van der Waals surface area contributed by atoms with Gasteiger partial charge >= 0.3 is 0 Å². The van der Waals surface area contributed by atoms with E-state index in [0.717, 1.165) is 76.0 Å². The molecule has 0 bridgehead atoms. The molecule has 0 aliphatic carbocycles. The molecule has 0 amide bonds. The van der Waals surface area contributed by atoms with Crippen LogP contribution in [0.1, 0.15) is 16.7 Å². The van der Waals surface area contributed by atoms with Crippen molar-refractivity contribution in [1.82, 2.24) is 0 Å². The first-order chi connectivity index (χ1) is 72.3. The van der Waals surface area contributed by atoms with Crippen molar-refractivity contribution in [3.05, 3.63) is 535 Å². The number of hydrogen-bond donors (Lipinski definition) is 0. The predicted molar refractivity (Wildman–Crippen MR) is 583 cm³/mol. The molecule has 0 unspecified atom stereocenters. The number of anilines is 12. The summed E-state index contributed by atoms with van der Waals surface area (Å²) in [6.45, 7) is 11.7. The van der Waals surface area contributed by atoms with Gasteiger partial charge in [-0.3, -0.25) is 0 Å². The highest BCUT2D eigenvalue weighted by molar-refractivity contribution is 6.30. The molecule has 16 heteroatoms. The van der Waals surface area contributed by atoms with Crippen LogP contribution in [0.4, 0.5) is 118 Å². The number of hydrogen-bond acceptors (Lipinski definition) is 5. The van der Waals surface area contributed by atoms with E-state index < -0.39 is 58.2 Å². The highest BCUT2D eigenvalue weighted by Gasteiger charge is 2.32. The van der Waals surface area contributed by atoms with Crippen LogP contribution in [-0.2, 0) is 0 Å². The molecule has 24 aromatic carbocycles. The van der Waals surface area contributed by atoms with Crippen LogP contribution < -0.4 is 19.6 Å². The summed E-state index contributed by atoms with van der Waals surface area (Å²) in [7, 11) is 0. The van der Waals surface area contributed by atoms with E-state index >= 15 is 43.9 Å². The molecule has 24 aromatic rings. The minimum Gasteiger partial charge on any atom is -0.311 e. The number of rotatable bonds is 20. The lowest BCUT2D eigenvalue weighted by atomic mass is 9.91. The zero-order valence-electron chi connectivity index (χ0n) is 79.2. The van der Waals surface area contributed by atoms with E-state index in [9.17, 15) is 5.26 Å². The first kappa shape index (κ1) is 92.5. The summed E-state index contributed by atoms with van der Waals surface area (Å²) in [6.07, 6.45) is 0. The van der Waals surface area contributed by atoms with Crippen LogP contribution in [0, 0.1) is 89.9 Å². The van der Waals surface area contributed by atoms with Crippen LogP contribution in [0.25, 0.3) is 158 Å². The van der Waals surface area contributed by atoms with Gasteiger partial charge in [0.05, 0.1) is 52.3 Å². The lowest BCUT2D eigenvalue weighted by Gasteiger charge is -2.31. The lowest BCUT2D eigenvalue weighted by Crippen LogP contribution is -2.15. The topological polar surface area (TPSA) is 41.1 Å². The van der Waals surface area contributed by atoms with Gasteiger partial charge in [-0.2, -0.15) is 5.26 Å². The second kappa shape index (κ2) is 38.6. The zero-order valence-corrected chi connectivity index (χ0v) is 79.2. The highest BCUT2D eigenvalue weighted by Crippen LogP contribution is 2.55. The summed E-state index contributed by atoms with van der Waals surface area (Å²) in [5.74, 6) is -4.64. The Labute approximate surface area is 846 Å². The summed E-state index contributed by atoms with van der Waals surface area (Å²) in [6, 6.07) is 132. The first-order valence-corrected chi connectivity index (χ1v) is 48.0. The van der Waals surface area contributed by atoms with Gasteiger partial charge in [0.1, 0.15) is 58.2 Å². The summed E-state index contributed by atoms with van der Waals surface area (Å²) in [5, 5.41) is 20.6. The van der Waals surface area contributed by atoms with Crippen molar-refractivity contribution < 1.29 is 43.9 Å². The van der Waals surface area contributed by atoms with E-state index in [4.69, 9.17) is 6.57 Å². The van der Waals surface area contributed by atoms with E-state index in [1.807, 2.05) is 155 Å². The number of aryl methyl sites for hydroxylation is 2. The van der Waals surface area contributed by atoms with E-state index in [1.165, 1.54) is 60.7 Å². The van der Waals surface area contributed by atoms with Crippen LogP contribution in [0.2, 0.25) is 0 Å². The van der Waals surface area contributed by atoms with E-state index in [0.29, 0.717) is 135 Å². The molecule has 148 heavy (non-hydrogen) atoms. The van der Waals surface area contributed by atoms with Crippen molar-refractivity contribution in [2.45, 2.75) is 13.8 Å². The summed E-state index contributed by atoms with van der Waals surface area (Å²) in [5.41, 5.74) is 15.1. The van der Waals surface area contributed by atoms with Gasteiger partial charge in [-0.15, -0.1) is 0 Å². The molecular formula is C132H80F10N6. The Morgan fingerprint density at radius 2 is 0.432 bits per heavy atom. The number of halogens is 10. The minimum atomic E-state index is -0.509. The fourth-order valence-electron chi connectivity index (χ4n) is 20.9. The highest BCUT2D eigenvalue weighted by atomic mass is 19.2. The number of nitriles is 1. The summed E-state index contributed by atoms with van der Waals surface area (Å²) < 4.78 is 160. The molecule has 24 rings (SSSR count). The zero-order chi connectivity index (χ0) is 101. The van der Waals surface area contributed by atoms with E-state index in [2.05, 4.69) is 47.3 Å². The number of nitrogens with zero attached hydrogens (tertiary/aromatic N) is 6. The molecule has 0 radical (unpaired) electrons. The van der Waals surface area contributed by atoms with Crippen LogP contribution in [-0.4, -0.2) is 0 Å². The van der Waals surface area contributed by atoms with Crippen molar-refractivity contribution in [1.29, 1.82) is 5.26 Å². The van der Waals surface area contributed by atoms with Crippen LogP contribution in [0.15, 0.2) is 449 Å². The van der Waals surface area contributed by atoms with Crippen molar-refractivity contribution in [3.8, 4) is 95.1 Å². The number of para-hydroxylation sites is 2. The second-order valence-electron chi connectivity index (χ2n) is 36.5. The molecule has 0 saturated carbocycles. The third kappa shape index (κ3) is 16.9. The maximum atomic E-state index is 16.9. The molecule has 0 aliphatic rings. The predicted octanol–water partition coefficient (Wildman–Crippen LogP) is 38.8. The van der Waals surface area contributed by atoms with Gasteiger partial charge in [0.25, 0.3) is 0 Å². The van der Waals surface area contributed by atoms with Crippen LogP contribution in [0.5, 0.6) is 0 Å². The molecule has 0 saturated heterocycles. The molecular weight excluding hydrogens is 1860 g/mol. The Balaban J connectivity index is 0.000000163. The molecule has 708 valence electrons. The molecule has 0 heterocycles. The molecule has 0 N–H and O–H groups in total. The third-order valence-electron chi connectivity index (χ3n) is 27.7. The Hall–Kier alpha value is -19.2. The molecule has 6 nitrogen and oxygen atoms in total. The van der Waals surface area contributed by atoms with Gasteiger partial charge in [-0.05, 0) is 301 Å². The lowest BCUT2D eigenvalue weighted by molar-refractivity contribution is 0.627. The maximum Gasteiger partial charge on any atom is 0.189 e. The Morgan fingerprint density at radius 3 is 0.682 bits per heavy atom. The number of benzene rings is 24. The normalized spacial score (nSPS) is 11.4. The van der Waals surface area contributed by atoms with Crippen LogP contribution >= 0.6 is 0 Å². The SMILES string of the molecule is Cc1cccc(F)c1N(c1cc(-c2ccccc2F)cc(-c2ccccc2F)c1)c1ccc2ccc3c(N(c4cc(-c5ccccc5F)cc(-c5ccccc5F)c4)c4c(C)cccc4F)ccc4ccc1c2c43.[C-]#[N+]c1cccc(N(c2cc(-c3ccccc3F)cc(-c3ccccc3F)c2)c2ccc3ccc4c(N(c5cccc(C#N)c5)c5cc(-c6ccccc6F)cc(-c6ccccc6F)c5)ccc5ccc2c3c54)c1. The van der Waals surface area contributed by atoms with Gasteiger partial charge in [-0.1, -0.05) is 261 Å². The van der Waals surface area contributed by atoms with Gasteiger partial charge < -0.3 is 19.6 Å². The Bertz CT molecular complexity index is 8680. The molecule has 0 fully saturated rings. The molecule has 0 aliphatic heterocycles. The van der Waals surface area contributed by atoms with Gasteiger partial charge in [0.15, 0.2) is 5.69 Å². The standard InChI is InChI=1S/C66H42F6N2.C66H38F4N4/c1-39-13-11-23-59(71)65(39)73(47-35-43(49-15-3-7-19-55(49)67)33-44(36-47)50-16-4-8-20-56(50)68)61-31-27-41-26-30-54-62(32-28-42-25-29-53(61)63(41)64(42)54)74(66-40(2)14-12-24-60(66)72)48-37-45(51-17-5-9-21-57(51)69)34-46(38-48)52-18-6-10-22-58(52)70;1-72-48-13-11-15-50(39-48)74(52-37-46(55-18-4-8-22-61(55)69)34-47(38-52)56-19-5-9-23-62(56)70)64-31-27-43-24-28-57-63(30-26-42-25-29-58(64)66(43)65(42)57)73(49-14-10-12-41(32-49)40-71)51-35-44(53-16-2-6-20-59(53)67)33-45(36-51)54-17-3-7-21-60(54)68/h3-38H,1-2H3;2-39H. The first-order valence-electron chi connectivity index (χ1n) is 48.0. The fourth-order valence-corrected chi connectivity index (χ4v) is 20.9. The fraction of sp³-hybridized carbons (Fsp3) is 0.0152. The van der Waals surface area contributed by atoms with E-state index in [-0.39, 0.29) is 33.6 Å². The van der Waals surface area contributed by atoms with Crippen molar-refractivity contribution >= 4 is 139 Å². The van der Waals surface area contributed by atoms with Gasteiger partial charge in [0.2, 0.25) is 0 Å². The quantitative estimate of drug-likeness (QED) is 0.0432. The average molecular weight is 1940 g/mol. The van der Waals surface area contributed by atoms with Crippen molar-refractivity contribution in [2.24, 2.45) is 0 Å². The molecule has 0 atom stereocenters. The molecule has 0 spiro atoms. The Kier molecular flexibility index (Phi) is 24.1. The summed E-state index contributed by atoms with van der Waals surface area (Å²) >= 11 is 0. The van der Waals surface area contributed by atoms with E-state index in [1.54, 1.807) is 231 Å². The largest absolute Gasteiger partial charge is 0.311 e.